The molecule has 1 saturated carbocycles. The Kier molecular flexibility index (Phi) is 7.51. The van der Waals surface area contributed by atoms with Crippen molar-refractivity contribution in [2.24, 2.45) is 16.8 Å². The summed E-state index contributed by atoms with van der Waals surface area (Å²) in [5.74, 6) is 2.17. The molecule has 27 heavy (non-hydrogen) atoms. The third-order valence-electron chi connectivity index (χ3n) is 5.18. The first-order chi connectivity index (χ1) is 13.2. The second-order valence-electron chi connectivity index (χ2n) is 7.54. The van der Waals surface area contributed by atoms with E-state index in [0.29, 0.717) is 18.9 Å². The normalized spacial score (nSPS) is 20.2. The SMILES string of the molecule is CN=C(NCCOCC1CC1)NCC1CC(=O)N(CCc2ccccc2)C1. The fourth-order valence-corrected chi connectivity index (χ4v) is 3.35. The molecular formula is C21H32N4O2. The number of hydrogen-bond acceptors (Lipinski definition) is 3. The molecule has 1 atom stereocenters. The fourth-order valence-electron chi connectivity index (χ4n) is 3.35. The Labute approximate surface area is 162 Å². The summed E-state index contributed by atoms with van der Waals surface area (Å²) in [6.45, 7) is 4.71. The number of carbonyl (C=O) groups is 1. The predicted octanol–water partition coefficient (Wildman–Crippen LogP) is 1.67. The number of ether oxygens (including phenoxy) is 1. The van der Waals surface area contributed by atoms with Gasteiger partial charge in [0.1, 0.15) is 0 Å². The van der Waals surface area contributed by atoms with Gasteiger partial charge in [0.05, 0.1) is 6.61 Å². The largest absolute Gasteiger partial charge is 0.379 e. The van der Waals surface area contributed by atoms with Crippen molar-refractivity contribution in [3.05, 3.63) is 35.9 Å². The van der Waals surface area contributed by atoms with E-state index in [2.05, 4.69) is 27.8 Å². The summed E-state index contributed by atoms with van der Waals surface area (Å²) in [5.41, 5.74) is 1.28. The lowest BCUT2D eigenvalue weighted by Crippen LogP contribution is -2.41. The Balaban J connectivity index is 1.30. The Morgan fingerprint density at radius 2 is 2.04 bits per heavy atom. The van der Waals surface area contributed by atoms with Crippen molar-refractivity contribution in [2.45, 2.75) is 25.7 Å². The van der Waals surface area contributed by atoms with E-state index in [1.54, 1.807) is 7.05 Å². The van der Waals surface area contributed by atoms with Crippen molar-refractivity contribution in [3.8, 4) is 0 Å². The number of hydrogen-bond donors (Lipinski definition) is 2. The molecule has 0 bridgehead atoms. The van der Waals surface area contributed by atoms with E-state index in [0.717, 1.165) is 51.1 Å². The Morgan fingerprint density at radius 1 is 1.22 bits per heavy atom. The molecule has 2 aliphatic rings. The molecule has 148 valence electrons. The lowest BCUT2D eigenvalue weighted by atomic mass is 10.1. The van der Waals surface area contributed by atoms with Crippen LogP contribution in [-0.2, 0) is 16.0 Å². The number of likely N-dealkylation sites (tertiary alicyclic amines) is 1. The highest BCUT2D eigenvalue weighted by atomic mass is 16.5. The third-order valence-corrected chi connectivity index (χ3v) is 5.18. The Hall–Kier alpha value is -2.08. The first-order valence-corrected chi connectivity index (χ1v) is 10.1. The number of aliphatic imine (C=N–C) groups is 1. The average molecular weight is 373 g/mol. The van der Waals surface area contributed by atoms with E-state index in [4.69, 9.17) is 4.74 Å². The van der Waals surface area contributed by atoms with Crippen LogP contribution in [0.3, 0.4) is 0 Å². The molecule has 3 rings (SSSR count). The van der Waals surface area contributed by atoms with Crippen LogP contribution in [-0.4, -0.2) is 63.2 Å². The molecule has 1 heterocycles. The van der Waals surface area contributed by atoms with Crippen LogP contribution in [0.5, 0.6) is 0 Å². The molecule has 6 nitrogen and oxygen atoms in total. The van der Waals surface area contributed by atoms with Gasteiger partial charge >= 0.3 is 0 Å². The van der Waals surface area contributed by atoms with Gasteiger partial charge in [0.2, 0.25) is 5.91 Å². The van der Waals surface area contributed by atoms with Gasteiger partial charge in [0.25, 0.3) is 0 Å². The van der Waals surface area contributed by atoms with Crippen molar-refractivity contribution in [1.82, 2.24) is 15.5 Å². The van der Waals surface area contributed by atoms with E-state index in [1.807, 2.05) is 23.1 Å². The minimum Gasteiger partial charge on any atom is -0.379 e. The van der Waals surface area contributed by atoms with Crippen molar-refractivity contribution in [1.29, 1.82) is 0 Å². The summed E-state index contributed by atoms with van der Waals surface area (Å²) in [4.78, 5) is 18.5. The fraction of sp³-hybridized carbons (Fsp3) is 0.619. The number of amides is 1. The van der Waals surface area contributed by atoms with Crippen molar-refractivity contribution in [3.63, 3.8) is 0 Å². The summed E-state index contributed by atoms with van der Waals surface area (Å²) in [7, 11) is 1.77. The van der Waals surface area contributed by atoms with Crippen LogP contribution in [0.15, 0.2) is 35.3 Å². The van der Waals surface area contributed by atoms with E-state index < -0.39 is 0 Å². The molecule has 0 radical (unpaired) electrons. The van der Waals surface area contributed by atoms with Gasteiger partial charge in [-0.2, -0.15) is 0 Å². The first-order valence-electron chi connectivity index (χ1n) is 10.1. The molecule has 0 spiro atoms. The molecule has 0 aromatic heterocycles. The molecule has 1 unspecified atom stereocenters. The maximum Gasteiger partial charge on any atom is 0.223 e. The molecule has 6 heteroatoms. The monoisotopic (exact) mass is 372 g/mol. The number of nitrogens with one attached hydrogen (secondary N) is 2. The molecule has 2 fully saturated rings. The molecular weight excluding hydrogens is 340 g/mol. The second kappa shape index (κ2) is 10.3. The van der Waals surface area contributed by atoms with Crippen molar-refractivity contribution in [2.75, 3.05) is 46.4 Å². The van der Waals surface area contributed by atoms with Crippen LogP contribution in [0.2, 0.25) is 0 Å². The minimum atomic E-state index is 0.258. The lowest BCUT2D eigenvalue weighted by molar-refractivity contribution is -0.127. The summed E-state index contributed by atoms with van der Waals surface area (Å²) in [6.07, 6.45) is 4.17. The zero-order valence-electron chi connectivity index (χ0n) is 16.3. The molecule has 2 N–H and O–H groups in total. The summed E-state index contributed by atoms with van der Waals surface area (Å²) < 4.78 is 5.63. The van der Waals surface area contributed by atoms with Crippen LogP contribution in [0.25, 0.3) is 0 Å². The third kappa shape index (κ3) is 6.86. The first kappa shape index (κ1) is 19.7. The van der Waals surface area contributed by atoms with Gasteiger partial charge in [0, 0.05) is 52.2 Å². The number of carbonyl (C=O) groups excluding carboxylic acids is 1. The maximum absolute atomic E-state index is 12.3. The Morgan fingerprint density at radius 3 is 2.78 bits per heavy atom. The minimum absolute atomic E-state index is 0.258. The van der Waals surface area contributed by atoms with Gasteiger partial charge in [-0.05, 0) is 30.7 Å². The summed E-state index contributed by atoms with van der Waals surface area (Å²) in [5, 5.41) is 6.61. The zero-order valence-corrected chi connectivity index (χ0v) is 16.3. The molecule has 1 aromatic rings. The van der Waals surface area contributed by atoms with E-state index >= 15 is 0 Å². The highest BCUT2D eigenvalue weighted by Gasteiger charge is 2.29. The van der Waals surface area contributed by atoms with Crippen LogP contribution < -0.4 is 10.6 Å². The summed E-state index contributed by atoms with van der Waals surface area (Å²) in [6, 6.07) is 10.3. The Bertz CT molecular complexity index is 616. The van der Waals surface area contributed by atoms with E-state index in [-0.39, 0.29) is 5.91 Å². The smallest absolute Gasteiger partial charge is 0.223 e. The zero-order chi connectivity index (χ0) is 18.9. The second-order valence-corrected chi connectivity index (χ2v) is 7.54. The van der Waals surface area contributed by atoms with Crippen LogP contribution >= 0.6 is 0 Å². The van der Waals surface area contributed by atoms with Gasteiger partial charge in [-0.1, -0.05) is 30.3 Å². The topological polar surface area (TPSA) is 66.0 Å². The van der Waals surface area contributed by atoms with Crippen molar-refractivity contribution < 1.29 is 9.53 Å². The molecule has 1 aliphatic carbocycles. The van der Waals surface area contributed by atoms with Crippen LogP contribution in [0.1, 0.15) is 24.8 Å². The quantitative estimate of drug-likeness (QED) is 0.373. The number of guanidine groups is 1. The molecule has 1 aromatic carbocycles. The van der Waals surface area contributed by atoms with Gasteiger partial charge < -0.3 is 20.3 Å². The number of benzene rings is 1. The number of nitrogens with zero attached hydrogens (tertiary/aromatic N) is 2. The lowest BCUT2D eigenvalue weighted by Gasteiger charge is -2.18. The van der Waals surface area contributed by atoms with E-state index in [1.165, 1.54) is 18.4 Å². The van der Waals surface area contributed by atoms with E-state index in [9.17, 15) is 4.79 Å². The maximum atomic E-state index is 12.3. The van der Waals surface area contributed by atoms with Gasteiger partial charge in [-0.15, -0.1) is 0 Å². The van der Waals surface area contributed by atoms with Crippen molar-refractivity contribution >= 4 is 11.9 Å². The average Bonchev–Trinajstić information content (AvgIpc) is 3.45. The molecule has 1 saturated heterocycles. The van der Waals surface area contributed by atoms with Gasteiger partial charge in [-0.3, -0.25) is 9.79 Å². The van der Waals surface area contributed by atoms with Gasteiger partial charge in [-0.25, -0.2) is 0 Å². The van der Waals surface area contributed by atoms with Crippen LogP contribution in [0, 0.1) is 11.8 Å². The highest BCUT2D eigenvalue weighted by molar-refractivity contribution is 5.80. The van der Waals surface area contributed by atoms with Crippen LogP contribution in [0.4, 0.5) is 0 Å². The standard InChI is InChI=1S/C21H32N4O2/c1-22-21(23-10-12-27-16-18-7-8-18)24-14-19-13-20(26)25(15-19)11-9-17-5-3-2-4-6-17/h2-6,18-19H,7-16H2,1H3,(H2,22,23,24). The highest BCUT2D eigenvalue weighted by Crippen LogP contribution is 2.28. The summed E-state index contributed by atoms with van der Waals surface area (Å²) >= 11 is 0. The van der Waals surface area contributed by atoms with Gasteiger partial charge in [0.15, 0.2) is 5.96 Å². The predicted molar refractivity (Wildman–Crippen MR) is 108 cm³/mol. The number of rotatable bonds is 10. The molecule has 1 amide bonds. The molecule has 1 aliphatic heterocycles.